The first-order chi connectivity index (χ1) is 17.2. The average Bonchev–Trinajstić information content (AvgIpc) is 3.61. The van der Waals surface area contributed by atoms with E-state index in [1.807, 2.05) is 6.07 Å². The van der Waals surface area contributed by atoms with Gasteiger partial charge in [0.1, 0.15) is 6.23 Å². The zero-order valence-corrected chi connectivity index (χ0v) is 22.8. The molecular formula is C31H48N2O3. The third kappa shape index (κ3) is 3.63. The summed E-state index contributed by atoms with van der Waals surface area (Å²) >= 11 is 0. The second-order valence-corrected chi connectivity index (χ2v) is 13.5. The third-order valence-corrected chi connectivity index (χ3v) is 12.0. The van der Waals surface area contributed by atoms with E-state index in [2.05, 4.69) is 31.7 Å². The fourth-order valence-corrected chi connectivity index (χ4v) is 10.1. The lowest BCUT2D eigenvalue weighted by atomic mass is 9.45. The summed E-state index contributed by atoms with van der Waals surface area (Å²) in [5.41, 5.74) is 8.05. The highest BCUT2D eigenvalue weighted by Crippen LogP contribution is 2.70. The van der Waals surface area contributed by atoms with Crippen LogP contribution in [-0.2, 0) is 10.3 Å². The average molecular weight is 497 g/mol. The molecule has 1 aliphatic heterocycles. The fourth-order valence-electron chi connectivity index (χ4n) is 10.1. The smallest absolute Gasteiger partial charge is 0.108 e. The number of fused-ring (bicyclic) bond motifs is 5. The largest absolute Gasteiger partial charge is 0.472 e. The van der Waals surface area contributed by atoms with Crippen LogP contribution in [0.25, 0.3) is 0 Å². The summed E-state index contributed by atoms with van der Waals surface area (Å²) in [5, 5.41) is 12.0. The molecule has 5 nitrogen and oxygen atoms in total. The molecular weight excluding hydrogens is 448 g/mol. The summed E-state index contributed by atoms with van der Waals surface area (Å²) in [5.74, 6) is 1.88. The maximum Gasteiger partial charge on any atom is 0.108 e. The van der Waals surface area contributed by atoms with Gasteiger partial charge in [-0.25, -0.2) is 0 Å². The Hall–Kier alpha value is -1.14. The second-order valence-electron chi connectivity index (χ2n) is 13.5. The topological polar surface area (TPSA) is 71.9 Å². The van der Waals surface area contributed by atoms with Crippen molar-refractivity contribution in [1.29, 1.82) is 0 Å². The molecule has 0 aromatic carbocycles. The minimum absolute atomic E-state index is 0.0839. The van der Waals surface area contributed by atoms with E-state index in [9.17, 15) is 5.11 Å². The molecule has 0 amide bonds. The van der Waals surface area contributed by atoms with Gasteiger partial charge < -0.3 is 20.0 Å². The van der Waals surface area contributed by atoms with Crippen LogP contribution in [0.5, 0.6) is 0 Å². The van der Waals surface area contributed by atoms with Crippen LogP contribution in [0.1, 0.15) is 97.0 Å². The Bertz CT molecular complexity index is 970. The maximum atomic E-state index is 12.0. The highest BCUT2D eigenvalue weighted by Gasteiger charge is 2.65. The van der Waals surface area contributed by atoms with Crippen LogP contribution in [0.3, 0.4) is 0 Å². The highest BCUT2D eigenvalue weighted by molar-refractivity contribution is 5.30. The lowest BCUT2D eigenvalue weighted by Gasteiger charge is -2.61. The number of hydrogen-bond donors (Lipinski definition) is 2. The van der Waals surface area contributed by atoms with E-state index in [1.54, 1.807) is 18.1 Å². The Morgan fingerprint density at radius 1 is 1.17 bits per heavy atom. The van der Waals surface area contributed by atoms with Crippen molar-refractivity contribution in [3.8, 4) is 0 Å². The summed E-state index contributed by atoms with van der Waals surface area (Å²) in [7, 11) is 0. The lowest BCUT2D eigenvalue weighted by Crippen LogP contribution is -2.56. The van der Waals surface area contributed by atoms with E-state index < -0.39 is 5.60 Å². The molecule has 200 valence electrons. The van der Waals surface area contributed by atoms with Crippen LogP contribution in [0, 0.1) is 28.6 Å². The van der Waals surface area contributed by atoms with Gasteiger partial charge in [-0.2, -0.15) is 0 Å². The molecule has 3 saturated carbocycles. The molecule has 0 radical (unpaired) electrons. The highest BCUT2D eigenvalue weighted by atomic mass is 16.5. The molecule has 4 aliphatic carbocycles. The van der Waals surface area contributed by atoms with Crippen molar-refractivity contribution in [3.63, 3.8) is 0 Å². The SMILES string of the molecule is CC(OC1(CCN)CC=C2CC[C@@H]3[C@@H](CC[C@@]4(C)[C@H]3CCC4(O)c3ccoc3)[C@@]2(C)C1)N1CCCC1. The van der Waals surface area contributed by atoms with Gasteiger partial charge in [-0.05, 0) is 113 Å². The van der Waals surface area contributed by atoms with Crippen LogP contribution in [-0.4, -0.2) is 41.5 Å². The number of hydrogen-bond acceptors (Lipinski definition) is 5. The molecule has 3 unspecified atom stereocenters. The van der Waals surface area contributed by atoms with Gasteiger partial charge in [0.2, 0.25) is 0 Å². The van der Waals surface area contributed by atoms with Gasteiger partial charge in [0.15, 0.2) is 0 Å². The number of furan rings is 1. The molecule has 1 aromatic heterocycles. The van der Waals surface area contributed by atoms with E-state index in [1.165, 1.54) is 32.1 Å². The minimum atomic E-state index is -0.767. The van der Waals surface area contributed by atoms with Crippen molar-refractivity contribution < 1.29 is 14.3 Å². The van der Waals surface area contributed by atoms with Gasteiger partial charge in [0.25, 0.3) is 0 Å². The standard InChI is InChI=1S/C31H48N2O3/c1-22(33-17-4-5-18-33)36-30(15-16-32)13-8-23-6-7-25-26(28(23,2)21-30)9-12-29(3)27(25)10-14-31(29,34)24-11-19-35-20-24/h8,11,19-20,22,25-27,34H,4-7,9-10,12-18,21,32H2,1-3H3/t22?,25-,26-,27+,28+,29+,30?,31?/m1/s1. The molecule has 4 fully saturated rings. The van der Waals surface area contributed by atoms with E-state index in [-0.39, 0.29) is 22.7 Å². The molecule has 6 rings (SSSR count). The van der Waals surface area contributed by atoms with Gasteiger partial charge in [0, 0.05) is 24.1 Å². The molecule has 0 bridgehead atoms. The molecule has 5 aliphatic rings. The van der Waals surface area contributed by atoms with Crippen molar-refractivity contribution in [2.45, 2.75) is 109 Å². The normalized spacial score (nSPS) is 45.6. The quantitative estimate of drug-likeness (QED) is 0.474. The molecule has 3 N–H and O–H groups in total. The van der Waals surface area contributed by atoms with Crippen LogP contribution in [0.15, 0.2) is 34.7 Å². The second kappa shape index (κ2) is 8.97. The van der Waals surface area contributed by atoms with Gasteiger partial charge in [-0.15, -0.1) is 0 Å². The minimum Gasteiger partial charge on any atom is -0.472 e. The Morgan fingerprint density at radius 2 is 1.94 bits per heavy atom. The predicted molar refractivity (Wildman–Crippen MR) is 142 cm³/mol. The number of aliphatic hydroxyl groups is 1. The summed E-state index contributed by atoms with van der Waals surface area (Å²) in [4.78, 5) is 2.52. The maximum absolute atomic E-state index is 12.0. The molecule has 36 heavy (non-hydrogen) atoms. The van der Waals surface area contributed by atoms with Crippen molar-refractivity contribution in [2.24, 2.45) is 34.3 Å². The summed E-state index contributed by atoms with van der Waals surface area (Å²) in [6.45, 7) is 10.2. The van der Waals surface area contributed by atoms with Crippen LogP contribution >= 0.6 is 0 Å². The first-order valence-corrected chi connectivity index (χ1v) is 14.8. The predicted octanol–water partition coefficient (Wildman–Crippen LogP) is 5.98. The Labute approximate surface area is 217 Å². The van der Waals surface area contributed by atoms with Crippen molar-refractivity contribution in [2.75, 3.05) is 19.6 Å². The Morgan fingerprint density at radius 3 is 2.67 bits per heavy atom. The van der Waals surface area contributed by atoms with E-state index in [0.29, 0.717) is 24.3 Å². The molecule has 5 heteroatoms. The molecule has 2 heterocycles. The Kier molecular flexibility index (Phi) is 6.26. The zero-order valence-electron chi connectivity index (χ0n) is 22.8. The molecule has 0 spiro atoms. The molecule has 1 saturated heterocycles. The number of allylic oxidation sites excluding steroid dienone is 1. The number of ether oxygens (including phenoxy) is 1. The number of likely N-dealkylation sites (tertiary alicyclic amines) is 1. The van der Waals surface area contributed by atoms with E-state index in [4.69, 9.17) is 14.9 Å². The zero-order chi connectivity index (χ0) is 25.2. The molecule has 1 aromatic rings. The molecule has 8 atom stereocenters. The van der Waals surface area contributed by atoms with Gasteiger partial charge >= 0.3 is 0 Å². The Balaban J connectivity index is 1.28. The number of nitrogens with two attached hydrogens (primary N) is 1. The van der Waals surface area contributed by atoms with E-state index >= 15 is 0 Å². The van der Waals surface area contributed by atoms with Crippen molar-refractivity contribution in [1.82, 2.24) is 4.90 Å². The fraction of sp³-hybridized carbons (Fsp3) is 0.806. The van der Waals surface area contributed by atoms with Gasteiger partial charge in [-0.3, -0.25) is 4.90 Å². The van der Waals surface area contributed by atoms with Crippen molar-refractivity contribution in [3.05, 3.63) is 35.8 Å². The summed E-state index contributed by atoms with van der Waals surface area (Å²) in [6.07, 6.45) is 18.5. The van der Waals surface area contributed by atoms with Gasteiger partial charge in [0.05, 0.1) is 23.7 Å². The first kappa shape index (κ1) is 25.2. The first-order valence-electron chi connectivity index (χ1n) is 14.8. The summed E-state index contributed by atoms with van der Waals surface area (Å²) in [6, 6.07) is 1.99. The monoisotopic (exact) mass is 496 g/mol. The van der Waals surface area contributed by atoms with Crippen molar-refractivity contribution >= 4 is 0 Å². The van der Waals surface area contributed by atoms with Gasteiger partial charge in [-0.1, -0.05) is 25.5 Å². The van der Waals surface area contributed by atoms with E-state index in [0.717, 1.165) is 57.2 Å². The number of nitrogens with zero attached hydrogens (tertiary/aromatic N) is 1. The lowest BCUT2D eigenvalue weighted by molar-refractivity contribution is -0.179. The van der Waals surface area contributed by atoms with Crippen LogP contribution < -0.4 is 5.73 Å². The van der Waals surface area contributed by atoms with Crippen LogP contribution in [0.2, 0.25) is 0 Å². The van der Waals surface area contributed by atoms with Crippen LogP contribution in [0.4, 0.5) is 0 Å². The number of rotatable bonds is 6. The summed E-state index contributed by atoms with van der Waals surface area (Å²) < 4.78 is 12.5. The third-order valence-electron chi connectivity index (χ3n) is 12.0.